The van der Waals surface area contributed by atoms with Crippen molar-refractivity contribution in [2.45, 2.75) is 51.0 Å². The lowest BCUT2D eigenvalue weighted by molar-refractivity contribution is -0.122. The van der Waals surface area contributed by atoms with E-state index in [2.05, 4.69) is 10.3 Å². The first-order valence-electron chi connectivity index (χ1n) is 10.2. The summed E-state index contributed by atoms with van der Waals surface area (Å²) >= 11 is 6.17. The van der Waals surface area contributed by atoms with Gasteiger partial charge in [0.25, 0.3) is 5.91 Å². The third-order valence-electron chi connectivity index (χ3n) is 5.42. The van der Waals surface area contributed by atoms with Crippen LogP contribution in [-0.4, -0.2) is 29.4 Å². The van der Waals surface area contributed by atoms with Crippen molar-refractivity contribution < 1.29 is 14.3 Å². The maximum absolute atomic E-state index is 13.2. The lowest BCUT2D eigenvalue weighted by atomic mass is 9.95. The van der Waals surface area contributed by atoms with E-state index >= 15 is 0 Å². The van der Waals surface area contributed by atoms with E-state index in [4.69, 9.17) is 16.3 Å². The highest BCUT2D eigenvalue weighted by Gasteiger charge is 2.29. The largest absolute Gasteiger partial charge is 0.436 e. The summed E-state index contributed by atoms with van der Waals surface area (Å²) in [6, 6.07) is 8.86. The number of aromatic nitrogens is 1. The number of nitrogens with zero attached hydrogens (tertiary/aromatic N) is 2. The van der Waals surface area contributed by atoms with Crippen LogP contribution in [0.1, 0.15) is 55.3 Å². The molecule has 0 atom stereocenters. The Bertz CT molecular complexity index is 912. The molecule has 4 rings (SSSR count). The van der Waals surface area contributed by atoms with E-state index in [1.165, 1.54) is 19.3 Å². The molecule has 1 aromatic heterocycles. The third-order valence-corrected chi connectivity index (χ3v) is 5.66. The third kappa shape index (κ3) is 4.53. The number of nitrogens with one attached hydrogen (secondary N) is 1. The SMILES string of the molecule is O=C(CCCN1C(=O)c2cccnc2Oc2ccc(Cl)cc21)NC1CCCCC1. The molecule has 29 heavy (non-hydrogen) atoms. The fourth-order valence-electron chi connectivity index (χ4n) is 3.95. The molecule has 2 aliphatic rings. The molecule has 0 bridgehead atoms. The van der Waals surface area contributed by atoms with Crippen LogP contribution in [0.3, 0.4) is 0 Å². The van der Waals surface area contributed by atoms with Gasteiger partial charge in [-0.25, -0.2) is 4.98 Å². The fourth-order valence-corrected chi connectivity index (χ4v) is 4.11. The average Bonchev–Trinajstić information content (AvgIpc) is 2.84. The Kier molecular flexibility index (Phi) is 6.00. The maximum Gasteiger partial charge on any atom is 0.263 e. The van der Waals surface area contributed by atoms with E-state index in [9.17, 15) is 9.59 Å². The summed E-state index contributed by atoms with van der Waals surface area (Å²) in [5, 5.41) is 3.64. The first-order valence-corrected chi connectivity index (χ1v) is 10.5. The standard InChI is InChI=1S/C22H24ClN3O3/c23-15-10-11-19-18(14-15)26(22(28)17-8-4-12-24-21(17)29-19)13-5-9-20(27)25-16-6-2-1-3-7-16/h4,8,10-12,14,16H,1-3,5-7,9,13H2,(H,25,27). The minimum Gasteiger partial charge on any atom is -0.436 e. The summed E-state index contributed by atoms with van der Waals surface area (Å²) in [6.45, 7) is 0.391. The van der Waals surface area contributed by atoms with E-state index in [0.717, 1.165) is 12.8 Å². The highest BCUT2D eigenvalue weighted by Crippen LogP contribution is 2.39. The molecule has 0 spiro atoms. The zero-order valence-electron chi connectivity index (χ0n) is 16.2. The van der Waals surface area contributed by atoms with Gasteiger partial charge < -0.3 is 15.0 Å². The van der Waals surface area contributed by atoms with Gasteiger partial charge in [-0.2, -0.15) is 0 Å². The number of fused-ring (bicyclic) bond motifs is 2. The normalized spacial score (nSPS) is 16.4. The zero-order chi connectivity index (χ0) is 20.2. The molecule has 0 saturated heterocycles. The molecule has 1 aromatic carbocycles. The van der Waals surface area contributed by atoms with Crippen molar-refractivity contribution in [1.82, 2.24) is 10.3 Å². The first-order chi connectivity index (χ1) is 14.1. The van der Waals surface area contributed by atoms with E-state index in [0.29, 0.717) is 47.5 Å². The van der Waals surface area contributed by atoms with E-state index in [-0.39, 0.29) is 17.7 Å². The van der Waals surface area contributed by atoms with Gasteiger partial charge in [0.1, 0.15) is 5.56 Å². The van der Waals surface area contributed by atoms with Crippen LogP contribution in [0.15, 0.2) is 36.5 Å². The molecule has 0 unspecified atom stereocenters. The molecule has 1 aliphatic heterocycles. The summed E-state index contributed by atoms with van der Waals surface area (Å²) in [5.74, 6) is 0.635. The average molecular weight is 414 g/mol. The molecule has 152 valence electrons. The van der Waals surface area contributed by atoms with Crippen molar-refractivity contribution in [3.8, 4) is 11.6 Å². The van der Waals surface area contributed by atoms with Crippen LogP contribution in [0.25, 0.3) is 0 Å². The monoisotopic (exact) mass is 413 g/mol. The Morgan fingerprint density at radius 1 is 1.24 bits per heavy atom. The van der Waals surface area contributed by atoms with Gasteiger partial charge in [-0.15, -0.1) is 0 Å². The molecule has 0 radical (unpaired) electrons. The molecular formula is C22H24ClN3O3. The predicted molar refractivity (Wildman–Crippen MR) is 112 cm³/mol. The van der Waals surface area contributed by atoms with Gasteiger partial charge in [0.2, 0.25) is 11.8 Å². The van der Waals surface area contributed by atoms with Crippen LogP contribution in [0.2, 0.25) is 5.02 Å². The Balaban J connectivity index is 1.47. The fraction of sp³-hybridized carbons (Fsp3) is 0.409. The van der Waals surface area contributed by atoms with Gasteiger partial charge in [-0.05, 0) is 49.6 Å². The summed E-state index contributed by atoms with van der Waals surface area (Å²) in [7, 11) is 0. The first kappa shape index (κ1) is 19.7. The number of amides is 2. The molecule has 1 fully saturated rings. The van der Waals surface area contributed by atoms with Crippen LogP contribution in [0.5, 0.6) is 11.6 Å². The van der Waals surface area contributed by atoms with Gasteiger partial charge in [-0.3, -0.25) is 9.59 Å². The number of anilines is 1. The number of halogens is 1. The summed E-state index contributed by atoms with van der Waals surface area (Å²) in [5.41, 5.74) is 0.986. The number of carbonyl (C=O) groups is 2. The van der Waals surface area contributed by atoms with Crippen molar-refractivity contribution in [1.29, 1.82) is 0 Å². The second-order valence-corrected chi connectivity index (χ2v) is 7.97. The van der Waals surface area contributed by atoms with Gasteiger partial charge >= 0.3 is 0 Å². The zero-order valence-corrected chi connectivity index (χ0v) is 17.0. The summed E-state index contributed by atoms with van der Waals surface area (Å²) in [6.07, 6.45) is 8.24. The van der Waals surface area contributed by atoms with Gasteiger partial charge in [0.15, 0.2) is 5.75 Å². The summed E-state index contributed by atoms with van der Waals surface area (Å²) < 4.78 is 5.87. The van der Waals surface area contributed by atoms with Gasteiger partial charge in [-0.1, -0.05) is 30.9 Å². The van der Waals surface area contributed by atoms with Crippen LogP contribution >= 0.6 is 11.6 Å². The van der Waals surface area contributed by atoms with Crippen LogP contribution in [-0.2, 0) is 4.79 Å². The Morgan fingerprint density at radius 2 is 2.07 bits per heavy atom. The van der Waals surface area contributed by atoms with Gasteiger partial charge in [0.05, 0.1) is 5.69 Å². The molecule has 2 aromatic rings. The van der Waals surface area contributed by atoms with Crippen LogP contribution in [0.4, 0.5) is 5.69 Å². The predicted octanol–water partition coefficient (Wildman–Crippen LogP) is 4.72. The number of ether oxygens (including phenoxy) is 1. The van der Waals surface area contributed by atoms with Crippen molar-refractivity contribution in [2.24, 2.45) is 0 Å². The van der Waals surface area contributed by atoms with E-state index < -0.39 is 0 Å². The van der Waals surface area contributed by atoms with Crippen LogP contribution in [0, 0.1) is 0 Å². The number of rotatable bonds is 5. The second kappa shape index (κ2) is 8.82. The molecule has 6 nitrogen and oxygen atoms in total. The highest BCUT2D eigenvalue weighted by atomic mass is 35.5. The molecule has 1 aliphatic carbocycles. The lowest BCUT2D eigenvalue weighted by Crippen LogP contribution is -2.37. The molecular weight excluding hydrogens is 390 g/mol. The molecule has 7 heteroatoms. The molecule has 1 saturated carbocycles. The highest BCUT2D eigenvalue weighted by molar-refractivity contribution is 6.31. The van der Waals surface area contributed by atoms with E-state index in [1.807, 2.05) is 0 Å². The quantitative estimate of drug-likeness (QED) is 0.770. The molecule has 2 heterocycles. The minimum absolute atomic E-state index is 0.0452. The van der Waals surface area contributed by atoms with Crippen molar-refractivity contribution in [2.75, 3.05) is 11.4 Å². The number of pyridine rings is 1. The number of hydrogen-bond acceptors (Lipinski definition) is 4. The maximum atomic E-state index is 13.2. The van der Waals surface area contributed by atoms with Gasteiger partial charge in [0, 0.05) is 30.2 Å². The minimum atomic E-state index is -0.207. The van der Waals surface area contributed by atoms with Crippen molar-refractivity contribution in [3.63, 3.8) is 0 Å². The van der Waals surface area contributed by atoms with Crippen molar-refractivity contribution >= 4 is 29.1 Å². The smallest absolute Gasteiger partial charge is 0.263 e. The van der Waals surface area contributed by atoms with E-state index in [1.54, 1.807) is 41.4 Å². The Morgan fingerprint density at radius 3 is 2.90 bits per heavy atom. The number of benzene rings is 1. The van der Waals surface area contributed by atoms with Crippen LogP contribution < -0.4 is 15.0 Å². The lowest BCUT2D eigenvalue weighted by Gasteiger charge is -2.24. The Hall–Kier alpha value is -2.60. The number of carbonyl (C=O) groups excluding carboxylic acids is 2. The topological polar surface area (TPSA) is 71.5 Å². The summed E-state index contributed by atoms with van der Waals surface area (Å²) in [4.78, 5) is 31.3. The molecule has 1 N–H and O–H groups in total. The van der Waals surface area contributed by atoms with Crippen molar-refractivity contribution in [3.05, 3.63) is 47.1 Å². The number of hydrogen-bond donors (Lipinski definition) is 1. The Labute approximate surface area is 175 Å². The second-order valence-electron chi connectivity index (χ2n) is 7.53. The molecule has 2 amide bonds.